The summed E-state index contributed by atoms with van der Waals surface area (Å²) in [4.78, 5) is 41.2. The van der Waals surface area contributed by atoms with Crippen LogP contribution in [-0.2, 0) is 47.5 Å². The Bertz CT molecular complexity index is 794. The van der Waals surface area contributed by atoms with Crippen molar-refractivity contribution in [3.8, 4) is 0 Å². The lowest BCUT2D eigenvalue weighted by Gasteiger charge is -2.16. The van der Waals surface area contributed by atoms with Crippen molar-refractivity contribution in [1.29, 1.82) is 0 Å². The summed E-state index contributed by atoms with van der Waals surface area (Å²) in [6, 6.07) is -0.828. The van der Waals surface area contributed by atoms with Crippen LogP contribution in [0.5, 0.6) is 0 Å². The predicted molar refractivity (Wildman–Crippen MR) is 144 cm³/mol. The number of ether oxygens (including phenoxy) is 7. The van der Waals surface area contributed by atoms with E-state index in [1.165, 1.54) is 7.11 Å². The summed E-state index contributed by atoms with van der Waals surface area (Å²) >= 11 is 0. The van der Waals surface area contributed by atoms with E-state index in [0.717, 1.165) is 0 Å². The van der Waals surface area contributed by atoms with Gasteiger partial charge in [-0.25, -0.2) is 4.79 Å². The number of hydrogen-bond acceptors (Lipinski definition) is 12. The second kappa shape index (κ2) is 29.8. The van der Waals surface area contributed by atoms with Crippen molar-refractivity contribution in [3.63, 3.8) is 0 Å². The van der Waals surface area contributed by atoms with E-state index in [9.17, 15) is 14.4 Å². The molecule has 0 aromatic heterocycles. The SMILES string of the molecule is COC(=O)C(CCCCNC(=O)COCCOCCOCCN=[N+]=[N-])NC(=O)COCCOCCOCCN=[N+]=[N-]. The molecule has 0 aromatic rings. The van der Waals surface area contributed by atoms with Crippen molar-refractivity contribution in [1.82, 2.24) is 10.6 Å². The van der Waals surface area contributed by atoms with Gasteiger partial charge in [-0.1, -0.05) is 10.2 Å². The lowest BCUT2D eigenvalue weighted by atomic mass is 10.1. The molecule has 0 radical (unpaired) electrons. The number of carbonyl (C=O) groups is 3. The van der Waals surface area contributed by atoms with Crippen LogP contribution < -0.4 is 10.6 Å². The number of azide groups is 2. The van der Waals surface area contributed by atoms with Crippen molar-refractivity contribution in [3.05, 3.63) is 20.9 Å². The Morgan fingerprint density at radius 3 is 1.63 bits per heavy atom. The molecule has 0 heterocycles. The monoisotopic (exact) mass is 590 g/mol. The summed E-state index contributed by atoms with van der Waals surface area (Å²) < 4.78 is 36.2. The zero-order chi connectivity index (χ0) is 30.2. The van der Waals surface area contributed by atoms with Gasteiger partial charge < -0.3 is 43.8 Å². The fourth-order valence-electron chi connectivity index (χ4n) is 2.89. The van der Waals surface area contributed by atoms with Gasteiger partial charge in [-0.3, -0.25) is 9.59 Å². The molecular formula is C23H42N8O10. The van der Waals surface area contributed by atoms with Crippen LogP contribution in [0.2, 0.25) is 0 Å². The van der Waals surface area contributed by atoms with Crippen molar-refractivity contribution >= 4 is 17.8 Å². The molecule has 0 aliphatic heterocycles. The molecular weight excluding hydrogens is 548 g/mol. The number of carbonyl (C=O) groups excluding carboxylic acids is 3. The number of nitrogens with one attached hydrogen (secondary N) is 2. The third-order valence-electron chi connectivity index (χ3n) is 4.81. The highest BCUT2D eigenvalue weighted by Gasteiger charge is 2.21. The molecule has 2 amide bonds. The average molecular weight is 591 g/mol. The molecule has 0 aliphatic carbocycles. The third-order valence-corrected chi connectivity index (χ3v) is 4.81. The highest BCUT2D eigenvalue weighted by Crippen LogP contribution is 2.03. The van der Waals surface area contributed by atoms with Gasteiger partial charge in [-0.2, -0.15) is 0 Å². The predicted octanol–water partition coefficient (Wildman–Crippen LogP) is 0.651. The first kappa shape index (κ1) is 37.8. The summed E-state index contributed by atoms with van der Waals surface area (Å²) in [6.45, 7) is 3.61. The van der Waals surface area contributed by atoms with Crippen molar-refractivity contribution < 1.29 is 47.5 Å². The molecule has 0 rings (SSSR count). The van der Waals surface area contributed by atoms with Crippen LogP contribution in [0.3, 0.4) is 0 Å². The van der Waals surface area contributed by atoms with Gasteiger partial charge in [-0.15, -0.1) is 0 Å². The summed E-state index contributed by atoms with van der Waals surface area (Å²) in [5, 5.41) is 12.0. The number of rotatable bonds is 29. The van der Waals surface area contributed by atoms with Crippen LogP contribution in [0.15, 0.2) is 10.2 Å². The molecule has 0 aliphatic rings. The fraction of sp³-hybridized carbons (Fsp3) is 0.870. The third kappa shape index (κ3) is 26.8. The average Bonchev–Trinajstić information content (AvgIpc) is 2.97. The van der Waals surface area contributed by atoms with E-state index in [1.807, 2.05) is 0 Å². The van der Waals surface area contributed by atoms with E-state index in [-0.39, 0.29) is 52.0 Å². The summed E-state index contributed by atoms with van der Waals surface area (Å²) in [7, 11) is 1.24. The van der Waals surface area contributed by atoms with Crippen LogP contribution in [0.25, 0.3) is 20.9 Å². The summed E-state index contributed by atoms with van der Waals surface area (Å²) in [5.41, 5.74) is 16.3. The molecule has 0 bridgehead atoms. The molecule has 2 N–H and O–H groups in total. The second-order valence-electron chi connectivity index (χ2n) is 7.95. The Morgan fingerprint density at radius 2 is 1.15 bits per heavy atom. The maximum atomic E-state index is 12.1. The Balaban J connectivity index is 3.79. The van der Waals surface area contributed by atoms with Crippen LogP contribution in [0, 0.1) is 0 Å². The number of esters is 1. The lowest BCUT2D eigenvalue weighted by molar-refractivity contribution is -0.146. The number of hydrogen-bond donors (Lipinski definition) is 2. The molecule has 0 fully saturated rings. The Hall–Kier alpha value is -3.21. The van der Waals surface area contributed by atoms with E-state index < -0.39 is 17.9 Å². The van der Waals surface area contributed by atoms with Crippen molar-refractivity contribution in [2.45, 2.75) is 25.3 Å². The largest absolute Gasteiger partial charge is 0.467 e. The Labute approximate surface area is 238 Å². The normalized spacial score (nSPS) is 11.1. The van der Waals surface area contributed by atoms with E-state index in [4.69, 9.17) is 44.2 Å². The number of unbranched alkanes of at least 4 members (excludes halogenated alkanes) is 1. The minimum Gasteiger partial charge on any atom is -0.467 e. The van der Waals surface area contributed by atoms with E-state index in [0.29, 0.717) is 72.1 Å². The van der Waals surface area contributed by atoms with E-state index >= 15 is 0 Å². The molecule has 0 aromatic carbocycles. The molecule has 0 spiro atoms. The number of methoxy groups -OCH3 is 1. The zero-order valence-electron chi connectivity index (χ0n) is 23.6. The second-order valence-corrected chi connectivity index (χ2v) is 7.95. The molecule has 18 heteroatoms. The maximum Gasteiger partial charge on any atom is 0.328 e. The lowest BCUT2D eigenvalue weighted by Crippen LogP contribution is -2.43. The quantitative estimate of drug-likeness (QED) is 0.0405. The summed E-state index contributed by atoms with van der Waals surface area (Å²) in [5.74, 6) is -1.31. The van der Waals surface area contributed by atoms with Crippen LogP contribution in [0.1, 0.15) is 19.3 Å². The van der Waals surface area contributed by atoms with Gasteiger partial charge in [0.2, 0.25) is 11.8 Å². The molecule has 41 heavy (non-hydrogen) atoms. The minimum atomic E-state index is -0.828. The zero-order valence-corrected chi connectivity index (χ0v) is 23.6. The van der Waals surface area contributed by atoms with Gasteiger partial charge in [0.25, 0.3) is 0 Å². The van der Waals surface area contributed by atoms with Gasteiger partial charge in [0.05, 0.1) is 73.2 Å². The van der Waals surface area contributed by atoms with Gasteiger partial charge in [-0.05, 0) is 30.3 Å². The minimum absolute atomic E-state index is 0.107. The Morgan fingerprint density at radius 1 is 0.683 bits per heavy atom. The van der Waals surface area contributed by atoms with Gasteiger partial charge >= 0.3 is 5.97 Å². The van der Waals surface area contributed by atoms with Gasteiger partial charge in [0.1, 0.15) is 19.3 Å². The van der Waals surface area contributed by atoms with Crippen molar-refractivity contribution in [2.75, 3.05) is 106 Å². The van der Waals surface area contributed by atoms with Crippen LogP contribution in [0.4, 0.5) is 0 Å². The highest BCUT2D eigenvalue weighted by molar-refractivity contribution is 5.85. The molecule has 1 atom stereocenters. The number of amides is 2. The van der Waals surface area contributed by atoms with E-state index in [2.05, 4.69) is 30.7 Å². The first-order valence-electron chi connectivity index (χ1n) is 13.2. The standard InChI is InChI=1S/C23H42N8O10/c1-35-23(34)20(29-22(33)19-41-17-15-39-13-11-37-9-7-28-31-25)4-2-3-5-26-21(32)18-40-16-14-38-12-10-36-8-6-27-30-24/h20H,2-19H2,1H3,(H,26,32)(H,29,33). The molecule has 0 saturated carbocycles. The maximum absolute atomic E-state index is 12.1. The van der Waals surface area contributed by atoms with Gasteiger partial charge in [0, 0.05) is 29.5 Å². The first-order valence-corrected chi connectivity index (χ1v) is 13.2. The van der Waals surface area contributed by atoms with Crippen molar-refractivity contribution in [2.24, 2.45) is 10.2 Å². The molecule has 0 saturated heterocycles. The number of nitrogens with zero attached hydrogens (tertiary/aromatic N) is 6. The van der Waals surface area contributed by atoms with E-state index in [1.54, 1.807) is 0 Å². The van der Waals surface area contributed by atoms with Gasteiger partial charge in [0.15, 0.2) is 0 Å². The first-order chi connectivity index (χ1) is 20.0. The highest BCUT2D eigenvalue weighted by atomic mass is 16.6. The topological polar surface area (TPSA) is 237 Å². The Kier molecular flexibility index (Phi) is 27.4. The smallest absolute Gasteiger partial charge is 0.328 e. The molecule has 1 unspecified atom stereocenters. The molecule has 18 nitrogen and oxygen atoms in total. The van der Waals surface area contributed by atoms with Crippen LogP contribution in [-0.4, -0.2) is 130 Å². The fourth-order valence-corrected chi connectivity index (χ4v) is 2.89. The summed E-state index contributed by atoms with van der Waals surface area (Å²) in [6.07, 6.45) is 1.47. The van der Waals surface area contributed by atoms with Crippen LogP contribution >= 0.6 is 0 Å². The molecule has 234 valence electrons.